The van der Waals surface area contributed by atoms with Crippen LogP contribution < -0.4 is 5.32 Å². The molecule has 1 amide bonds. The lowest BCUT2D eigenvalue weighted by Gasteiger charge is -2.31. The topological polar surface area (TPSA) is 102 Å². The Kier molecular flexibility index (Phi) is 7.64. The van der Waals surface area contributed by atoms with E-state index in [1.165, 1.54) is 4.31 Å². The van der Waals surface area contributed by atoms with E-state index in [9.17, 15) is 13.2 Å². The highest BCUT2D eigenvalue weighted by molar-refractivity contribution is 7.89. The molecule has 1 N–H and O–H groups in total. The molecular weight excluding hydrogens is 418 g/mol. The second kappa shape index (κ2) is 10.2. The summed E-state index contributed by atoms with van der Waals surface area (Å²) >= 11 is 0. The largest absolute Gasteiger partial charge is 0.383 e. The van der Waals surface area contributed by atoms with Gasteiger partial charge in [0.05, 0.1) is 12.5 Å². The first-order chi connectivity index (χ1) is 14.8. The first-order valence-electron chi connectivity index (χ1n) is 10.3. The van der Waals surface area contributed by atoms with E-state index in [2.05, 4.69) is 10.5 Å². The number of hydrogen-bond donors (Lipinski definition) is 1. The Balaban J connectivity index is 1.79. The summed E-state index contributed by atoms with van der Waals surface area (Å²) in [6, 6.07) is 7.85. The van der Waals surface area contributed by atoms with Crippen LogP contribution in [0.25, 0.3) is 12.2 Å². The van der Waals surface area contributed by atoms with Crippen LogP contribution in [-0.4, -0.2) is 57.1 Å². The Labute approximate surface area is 183 Å². The van der Waals surface area contributed by atoms with E-state index in [4.69, 9.17) is 9.26 Å². The molecule has 1 fully saturated rings. The van der Waals surface area contributed by atoms with E-state index in [0.29, 0.717) is 38.2 Å². The van der Waals surface area contributed by atoms with Crippen LogP contribution in [0.3, 0.4) is 0 Å². The molecule has 9 heteroatoms. The van der Waals surface area contributed by atoms with Crippen molar-refractivity contribution in [2.75, 3.05) is 33.4 Å². The third-order valence-electron chi connectivity index (χ3n) is 5.30. The smallest absolute Gasteiger partial charge is 0.248 e. The van der Waals surface area contributed by atoms with E-state index < -0.39 is 15.9 Å². The standard InChI is InChI=1S/C22H29N3O5S/c1-16-6-8-18(9-7-16)10-11-20-21(17(2)24-30-20)31(27,28)25-13-4-5-19(15-25)22(26)23-12-14-29-3/h6-11,19H,4-5,12-15H2,1-3H3,(H,23,26). The number of piperidine rings is 1. The van der Waals surface area contributed by atoms with Gasteiger partial charge in [-0.3, -0.25) is 4.79 Å². The maximum atomic E-state index is 13.4. The van der Waals surface area contributed by atoms with Gasteiger partial charge in [-0.1, -0.05) is 41.1 Å². The highest BCUT2D eigenvalue weighted by Gasteiger charge is 2.36. The number of nitrogens with zero attached hydrogens (tertiary/aromatic N) is 2. The van der Waals surface area contributed by atoms with Crippen LogP contribution in [0.15, 0.2) is 33.7 Å². The lowest BCUT2D eigenvalue weighted by molar-refractivity contribution is -0.126. The van der Waals surface area contributed by atoms with Crippen molar-refractivity contribution in [3.05, 3.63) is 46.8 Å². The molecule has 2 heterocycles. The zero-order valence-electron chi connectivity index (χ0n) is 18.1. The number of amides is 1. The third kappa shape index (κ3) is 5.61. The lowest BCUT2D eigenvalue weighted by atomic mass is 9.99. The maximum Gasteiger partial charge on any atom is 0.248 e. The number of aryl methyl sites for hydroxylation is 2. The quantitative estimate of drug-likeness (QED) is 0.624. The SMILES string of the molecule is COCCNC(=O)C1CCCN(S(=O)(=O)c2c(C)noc2C=Cc2ccc(C)cc2)C1. The van der Waals surface area contributed by atoms with Crippen molar-refractivity contribution in [2.45, 2.75) is 31.6 Å². The van der Waals surface area contributed by atoms with Gasteiger partial charge in [0, 0.05) is 26.7 Å². The molecule has 31 heavy (non-hydrogen) atoms. The molecule has 8 nitrogen and oxygen atoms in total. The van der Waals surface area contributed by atoms with Crippen molar-refractivity contribution in [2.24, 2.45) is 5.92 Å². The highest BCUT2D eigenvalue weighted by Crippen LogP contribution is 2.29. The molecule has 0 aliphatic carbocycles. The second-order valence-corrected chi connectivity index (χ2v) is 9.57. The monoisotopic (exact) mass is 447 g/mol. The fourth-order valence-corrected chi connectivity index (χ4v) is 5.35. The molecule has 0 radical (unpaired) electrons. The average Bonchev–Trinajstić information content (AvgIpc) is 3.14. The fraction of sp³-hybridized carbons (Fsp3) is 0.455. The molecule has 0 saturated carbocycles. The van der Waals surface area contributed by atoms with Crippen LogP contribution in [0.5, 0.6) is 0 Å². The van der Waals surface area contributed by atoms with Gasteiger partial charge >= 0.3 is 0 Å². The first kappa shape index (κ1) is 23.2. The van der Waals surface area contributed by atoms with Crippen molar-refractivity contribution in [3.63, 3.8) is 0 Å². The molecule has 0 bridgehead atoms. The number of rotatable bonds is 8. The zero-order chi connectivity index (χ0) is 22.4. The lowest BCUT2D eigenvalue weighted by Crippen LogP contribution is -2.46. The molecule has 1 aromatic heterocycles. The van der Waals surface area contributed by atoms with Crippen LogP contribution in [0, 0.1) is 19.8 Å². The molecule has 1 aliphatic rings. The van der Waals surface area contributed by atoms with Gasteiger partial charge in [0.1, 0.15) is 5.69 Å². The fourth-order valence-electron chi connectivity index (χ4n) is 3.57. The van der Waals surface area contributed by atoms with Gasteiger partial charge < -0.3 is 14.6 Å². The predicted octanol–water partition coefficient (Wildman–Crippen LogP) is 2.63. The van der Waals surface area contributed by atoms with Crippen LogP contribution in [0.2, 0.25) is 0 Å². The Morgan fingerprint density at radius 3 is 2.74 bits per heavy atom. The maximum absolute atomic E-state index is 13.4. The van der Waals surface area contributed by atoms with Gasteiger partial charge in [-0.25, -0.2) is 8.42 Å². The molecular formula is C22H29N3O5S. The molecule has 1 aliphatic heterocycles. The summed E-state index contributed by atoms with van der Waals surface area (Å²) < 4.78 is 38.5. The Bertz CT molecular complexity index is 1030. The summed E-state index contributed by atoms with van der Waals surface area (Å²) in [6.45, 7) is 4.91. The molecule has 1 aromatic carbocycles. The Morgan fingerprint density at radius 1 is 1.29 bits per heavy atom. The van der Waals surface area contributed by atoms with Crippen molar-refractivity contribution < 1.29 is 22.5 Å². The van der Waals surface area contributed by atoms with Gasteiger partial charge in [0.15, 0.2) is 10.7 Å². The second-order valence-electron chi connectivity index (χ2n) is 7.69. The number of nitrogens with one attached hydrogen (secondary N) is 1. The van der Waals surface area contributed by atoms with Gasteiger partial charge in [-0.15, -0.1) is 0 Å². The number of hydrogen-bond acceptors (Lipinski definition) is 6. The average molecular weight is 448 g/mol. The van der Waals surface area contributed by atoms with Crippen LogP contribution in [0.1, 0.15) is 35.4 Å². The summed E-state index contributed by atoms with van der Waals surface area (Å²) in [6.07, 6.45) is 4.67. The van der Waals surface area contributed by atoms with Crippen molar-refractivity contribution in [3.8, 4) is 0 Å². The number of benzene rings is 1. The van der Waals surface area contributed by atoms with Crippen molar-refractivity contribution in [1.82, 2.24) is 14.8 Å². The zero-order valence-corrected chi connectivity index (χ0v) is 18.9. The van der Waals surface area contributed by atoms with Gasteiger partial charge in [0.25, 0.3) is 0 Å². The minimum atomic E-state index is -3.86. The van der Waals surface area contributed by atoms with E-state index in [1.54, 1.807) is 26.2 Å². The van der Waals surface area contributed by atoms with Crippen molar-refractivity contribution >= 4 is 28.1 Å². The molecule has 1 saturated heterocycles. The molecule has 2 aromatic rings. The summed E-state index contributed by atoms with van der Waals surface area (Å²) in [5.74, 6) is -0.365. The number of carbonyl (C=O) groups is 1. The third-order valence-corrected chi connectivity index (χ3v) is 7.32. The van der Waals surface area contributed by atoms with Crippen molar-refractivity contribution in [1.29, 1.82) is 0 Å². The molecule has 168 valence electrons. The number of methoxy groups -OCH3 is 1. The Hall–Kier alpha value is -2.49. The number of aromatic nitrogens is 1. The normalized spacial score (nSPS) is 17.8. The molecule has 1 unspecified atom stereocenters. The van der Waals surface area contributed by atoms with Gasteiger partial charge in [-0.2, -0.15) is 4.31 Å². The number of sulfonamides is 1. The van der Waals surface area contributed by atoms with E-state index in [0.717, 1.165) is 11.1 Å². The molecule has 0 spiro atoms. The molecule has 1 atom stereocenters. The minimum absolute atomic E-state index is 0.0521. The Morgan fingerprint density at radius 2 is 2.03 bits per heavy atom. The number of ether oxygens (including phenoxy) is 1. The van der Waals surface area contributed by atoms with Crippen LogP contribution >= 0.6 is 0 Å². The first-order valence-corrected chi connectivity index (χ1v) is 11.7. The summed E-state index contributed by atoms with van der Waals surface area (Å²) in [7, 11) is -2.30. The van der Waals surface area contributed by atoms with Gasteiger partial charge in [0.2, 0.25) is 15.9 Å². The number of carbonyl (C=O) groups excluding carboxylic acids is 1. The van der Waals surface area contributed by atoms with Crippen LogP contribution in [-0.2, 0) is 19.6 Å². The van der Waals surface area contributed by atoms with Gasteiger partial charge in [-0.05, 0) is 38.3 Å². The predicted molar refractivity (Wildman–Crippen MR) is 118 cm³/mol. The van der Waals surface area contributed by atoms with E-state index in [1.807, 2.05) is 31.2 Å². The summed E-state index contributed by atoms with van der Waals surface area (Å²) in [4.78, 5) is 12.5. The van der Waals surface area contributed by atoms with E-state index in [-0.39, 0.29) is 23.1 Å². The molecule has 3 rings (SSSR count). The van der Waals surface area contributed by atoms with E-state index >= 15 is 0 Å². The van der Waals surface area contributed by atoms with Crippen LogP contribution in [0.4, 0.5) is 0 Å². The minimum Gasteiger partial charge on any atom is -0.383 e. The summed E-state index contributed by atoms with van der Waals surface area (Å²) in [5.41, 5.74) is 2.37. The summed E-state index contributed by atoms with van der Waals surface area (Å²) in [5, 5.41) is 6.68. The highest BCUT2D eigenvalue weighted by atomic mass is 32.2.